The Labute approximate surface area is 130 Å². The van der Waals surface area contributed by atoms with Crippen LogP contribution >= 0.6 is 15.9 Å². The van der Waals surface area contributed by atoms with Gasteiger partial charge in [-0.25, -0.2) is 0 Å². The molecule has 20 heavy (non-hydrogen) atoms. The zero-order valence-electron chi connectivity index (χ0n) is 12.6. The van der Waals surface area contributed by atoms with Crippen LogP contribution in [0.5, 0.6) is 0 Å². The number of hydrogen-bond acceptors (Lipinski definition) is 2. The van der Waals surface area contributed by atoms with Gasteiger partial charge in [0.1, 0.15) is 0 Å². The number of benzene rings is 1. The fourth-order valence-corrected chi connectivity index (χ4v) is 2.15. The van der Waals surface area contributed by atoms with Crippen molar-refractivity contribution in [2.45, 2.75) is 32.0 Å². The fourth-order valence-electron chi connectivity index (χ4n) is 1.99. The molecular formula is C16H25BrN2O. The van der Waals surface area contributed by atoms with E-state index in [1.54, 1.807) is 0 Å². The molecule has 112 valence electrons. The van der Waals surface area contributed by atoms with Crippen molar-refractivity contribution in [3.63, 3.8) is 0 Å². The van der Waals surface area contributed by atoms with Crippen LogP contribution in [0, 0.1) is 5.92 Å². The van der Waals surface area contributed by atoms with Gasteiger partial charge < -0.3 is 10.2 Å². The number of carbonyl (C=O) groups excluding carboxylic acids is 1. The van der Waals surface area contributed by atoms with Gasteiger partial charge >= 0.3 is 0 Å². The molecule has 0 aliphatic carbocycles. The molecule has 0 bridgehead atoms. The van der Waals surface area contributed by atoms with Crippen molar-refractivity contribution in [3.05, 3.63) is 30.3 Å². The molecule has 1 aromatic rings. The van der Waals surface area contributed by atoms with Crippen molar-refractivity contribution < 1.29 is 4.79 Å². The van der Waals surface area contributed by atoms with Crippen LogP contribution in [0.3, 0.4) is 0 Å². The fraction of sp³-hybridized carbons (Fsp3) is 0.562. The number of nitrogens with one attached hydrogen (secondary N) is 1. The van der Waals surface area contributed by atoms with E-state index in [-0.39, 0.29) is 10.7 Å². The van der Waals surface area contributed by atoms with Gasteiger partial charge in [-0.05, 0) is 31.4 Å². The van der Waals surface area contributed by atoms with Crippen molar-refractivity contribution in [3.8, 4) is 0 Å². The second-order valence-corrected chi connectivity index (χ2v) is 6.19. The zero-order valence-corrected chi connectivity index (χ0v) is 14.2. The average Bonchev–Trinajstić information content (AvgIpc) is 2.47. The number of para-hydroxylation sites is 1. The van der Waals surface area contributed by atoms with Gasteiger partial charge in [-0.15, -0.1) is 0 Å². The summed E-state index contributed by atoms with van der Waals surface area (Å²) in [5, 5.41) is 2.98. The molecule has 3 nitrogen and oxygen atoms in total. The third-order valence-electron chi connectivity index (χ3n) is 3.24. The summed E-state index contributed by atoms with van der Waals surface area (Å²) in [7, 11) is 0. The van der Waals surface area contributed by atoms with Gasteiger partial charge in [0.15, 0.2) is 0 Å². The number of carbonyl (C=O) groups is 1. The van der Waals surface area contributed by atoms with E-state index in [0.717, 1.165) is 26.1 Å². The average molecular weight is 341 g/mol. The summed E-state index contributed by atoms with van der Waals surface area (Å²) in [6, 6.07) is 10.4. The lowest BCUT2D eigenvalue weighted by molar-refractivity contribution is -0.121. The van der Waals surface area contributed by atoms with Crippen molar-refractivity contribution in [1.82, 2.24) is 5.32 Å². The molecule has 4 heteroatoms. The molecule has 0 saturated heterocycles. The highest BCUT2D eigenvalue weighted by Gasteiger charge is 2.17. The number of amides is 1. The predicted molar refractivity (Wildman–Crippen MR) is 89.5 cm³/mol. The Balaban J connectivity index is 2.31. The second-order valence-electron chi connectivity index (χ2n) is 5.21. The summed E-state index contributed by atoms with van der Waals surface area (Å²) in [5.74, 6) is 0.397. The molecule has 0 fully saturated rings. The lowest BCUT2D eigenvalue weighted by Crippen LogP contribution is -2.36. The first-order valence-corrected chi connectivity index (χ1v) is 8.19. The highest BCUT2D eigenvalue weighted by Crippen LogP contribution is 2.13. The quantitative estimate of drug-likeness (QED) is 0.580. The third kappa shape index (κ3) is 5.53. The number of halogens is 1. The van der Waals surface area contributed by atoms with E-state index in [2.05, 4.69) is 57.3 Å². The Hall–Kier alpha value is -1.03. The molecule has 1 amide bonds. The molecule has 1 N–H and O–H groups in total. The Morgan fingerprint density at radius 1 is 1.30 bits per heavy atom. The summed E-state index contributed by atoms with van der Waals surface area (Å²) in [4.78, 5) is 14.0. The summed E-state index contributed by atoms with van der Waals surface area (Å²) < 4.78 is 0. The van der Waals surface area contributed by atoms with Crippen LogP contribution in [-0.2, 0) is 4.79 Å². The molecule has 0 aromatic heterocycles. The normalized spacial score (nSPS) is 12.2. The molecule has 1 atom stereocenters. The number of hydrogen-bond donors (Lipinski definition) is 1. The molecule has 1 rings (SSSR count). The zero-order chi connectivity index (χ0) is 15.0. The molecule has 0 heterocycles. The first kappa shape index (κ1) is 17.0. The highest BCUT2D eigenvalue weighted by atomic mass is 79.9. The monoisotopic (exact) mass is 340 g/mol. The summed E-state index contributed by atoms with van der Waals surface area (Å²) in [5.41, 5.74) is 1.24. The standard InChI is InChI=1S/C16H25BrN2O/c1-4-19(14-9-6-5-7-10-14)12-8-11-18-16(20)15(17)13(2)3/h5-7,9-10,13,15H,4,8,11-12H2,1-3H3,(H,18,20). The van der Waals surface area contributed by atoms with Gasteiger partial charge in [-0.2, -0.15) is 0 Å². The second kappa shape index (κ2) is 9.01. The van der Waals surface area contributed by atoms with E-state index in [1.807, 2.05) is 19.9 Å². The van der Waals surface area contributed by atoms with E-state index >= 15 is 0 Å². The van der Waals surface area contributed by atoms with Gasteiger partial charge in [0, 0.05) is 25.3 Å². The summed E-state index contributed by atoms with van der Waals surface area (Å²) in [6.45, 7) is 8.87. The lowest BCUT2D eigenvalue weighted by atomic mass is 10.1. The maximum Gasteiger partial charge on any atom is 0.234 e. The topological polar surface area (TPSA) is 32.3 Å². The van der Waals surface area contributed by atoms with Gasteiger partial charge in [0.25, 0.3) is 0 Å². The van der Waals surface area contributed by atoms with Crippen molar-refractivity contribution in [2.24, 2.45) is 5.92 Å². The third-order valence-corrected chi connectivity index (χ3v) is 4.72. The van der Waals surface area contributed by atoms with Crippen molar-refractivity contribution in [1.29, 1.82) is 0 Å². The smallest absolute Gasteiger partial charge is 0.234 e. The molecule has 1 unspecified atom stereocenters. The van der Waals surface area contributed by atoms with Crippen LogP contribution in [-0.4, -0.2) is 30.4 Å². The van der Waals surface area contributed by atoms with E-state index in [0.29, 0.717) is 5.92 Å². The van der Waals surface area contributed by atoms with Gasteiger partial charge in [-0.3, -0.25) is 4.79 Å². The van der Waals surface area contributed by atoms with E-state index in [9.17, 15) is 4.79 Å². The highest BCUT2D eigenvalue weighted by molar-refractivity contribution is 9.10. The van der Waals surface area contributed by atoms with E-state index in [4.69, 9.17) is 0 Å². The van der Waals surface area contributed by atoms with Crippen LogP contribution < -0.4 is 10.2 Å². The molecular weight excluding hydrogens is 316 g/mol. The van der Waals surface area contributed by atoms with Gasteiger partial charge in [0.05, 0.1) is 4.83 Å². The van der Waals surface area contributed by atoms with Gasteiger partial charge in [0.2, 0.25) is 5.91 Å². The first-order chi connectivity index (χ1) is 9.56. The number of alkyl halides is 1. The maximum atomic E-state index is 11.8. The summed E-state index contributed by atoms with van der Waals surface area (Å²) in [6.07, 6.45) is 0.951. The Morgan fingerprint density at radius 3 is 2.50 bits per heavy atom. The molecule has 0 aliphatic rings. The van der Waals surface area contributed by atoms with Crippen molar-refractivity contribution >= 4 is 27.5 Å². The van der Waals surface area contributed by atoms with Crippen LogP contribution in [0.25, 0.3) is 0 Å². The minimum absolute atomic E-state index is 0.0859. The van der Waals surface area contributed by atoms with E-state index in [1.165, 1.54) is 5.69 Å². The minimum atomic E-state index is -0.0982. The molecule has 0 radical (unpaired) electrons. The predicted octanol–water partition coefficient (Wildman–Crippen LogP) is 3.44. The number of anilines is 1. The maximum absolute atomic E-state index is 11.8. The van der Waals surface area contributed by atoms with Crippen LogP contribution in [0.4, 0.5) is 5.69 Å². The van der Waals surface area contributed by atoms with Crippen LogP contribution in [0.2, 0.25) is 0 Å². The molecule has 0 spiro atoms. The molecule has 0 aliphatic heterocycles. The summed E-state index contributed by atoms with van der Waals surface area (Å²) >= 11 is 3.42. The molecule has 1 aromatic carbocycles. The van der Waals surface area contributed by atoms with Gasteiger partial charge in [-0.1, -0.05) is 48.0 Å². The first-order valence-electron chi connectivity index (χ1n) is 7.28. The number of nitrogens with zero attached hydrogens (tertiary/aromatic N) is 1. The largest absolute Gasteiger partial charge is 0.372 e. The Morgan fingerprint density at radius 2 is 1.95 bits per heavy atom. The Bertz CT molecular complexity index is 395. The Kier molecular flexibility index (Phi) is 7.67. The van der Waals surface area contributed by atoms with Crippen LogP contribution in [0.1, 0.15) is 27.2 Å². The number of rotatable bonds is 8. The lowest BCUT2D eigenvalue weighted by Gasteiger charge is -2.23. The van der Waals surface area contributed by atoms with Crippen molar-refractivity contribution in [2.75, 3.05) is 24.5 Å². The SMILES string of the molecule is CCN(CCCNC(=O)C(Br)C(C)C)c1ccccc1. The minimum Gasteiger partial charge on any atom is -0.372 e. The van der Waals surface area contributed by atoms with Crippen LogP contribution in [0.15, 0.2) is 30.3 Å². The van der Waals surface area contributed by atoms with E-state index < -0.39 is 0 Å². The molecule has 0 saturated carbocycles.